The van der Waals surface area contributed by atoms with Crippen molar-refractivity contribution < 1.29 is 9.53 Å². The molecule has 2 aromatic heterocycles. The van der Waals surface area contributed by atoms with Gasteiger partial charge in [0, 0.05) is 25.5 Å². The molecule has 1 aromatic carbocycles. The zero-order valence-electron chi connectivity index (χ0n) is 10.4. The second kappa shape index (κ2) is 4.56. The highest BCUT2D eigenvalue weighted by Gasteiger charge is 2.08. The van der Waals surface area contributed by atoms with Crippen LogP contribution in [0, 0.1) is 0 Å². The van der Waals surface area contributed by atoms with E-state index in [1.807, 2.05) is 17.7 Å². The molecule has 3 aromatic rings. The minimum atomic E-state index is -0.362. The standard InChI is InChI=1S/C13H12N4O2/c1-16-9-14-11-7-10(3-4-12(11)16)19-13(18)8-17-6-2-5-15-17/h2-7,9H,8H2,1H3. The van der Waals surface area contributed by atoms with Crippen LogP contribution >= 0.6 is 0 Å². The Morgan fingerprint density at radius 1 is 1.42 bits per heavy atom. The predicted molar refractivity (Wildman–Crippen MR) is 68.6 cm³/mol. The Balaban J connectivity index is 1.75. The molecule has 0 bridgehead atoms. The number of ether oxygens (including phenoxy) is 1. The van der Waals surface area contributed by atoms with Crippen molar-refractivity contribution in [1.29, 1.82) is 0 Å². The molecule has 0 fully saturated rings. The van der Waals surface area contributed by atoms with Gasteiger partial charge in [0.25, 0.3) is 0 Å². The van der Waals surface area contributed by atoms with E-state index in [4.69, 9.17) is 4.74 Å². The van der Waals surface area contributed by atoms with Crippen LogP contribution in [0.25, 0.3) is 11.0 Å². The Morgan fingerprint density at radius 3 is 3.11 bits per heavy atom. The molecule has 96 valence electrons. The molecule has 0 saturated heterocycles. The van der Waals surface area contributed by atoms with Crippen molar-refractivity contribution in [3.8, 4) is 5.75 Å². The molecule has 2 heterocycles. The SMILES string of the molecule is Cn1cnc2cc(OC(=O)Cn3cccn3)ccc21. The summed E-state index contributed by atoms with van der Waals surface area (Å²) in [5.74, 6) is 0.127. The van der Waals surface area contributed by atoms with Crippen molar-refractivity contribution in [1.82, 2.24) is 19.3 Å². The van der Waals surface area contributed by atoms with Gasteiger partial charge < -0.3 is 9.30 Å². The summed E-state index contributed by atoms with van der Waals surface area (Å²) in [6, 6.07) is 7.13. The molecule has 6 heteroatoms. The van der Waals surface area contributed by atoms with Crippen LogP contribution in [0.3, 0.4) is 0 Å². The van der Waals surface area contributed by atoms with Gasteiger partial charge in [-0.25, -0.2) is 9.78 Å². The van der Waals surface area contributed by atoms with Gasteiger partial charge in [-0.1, -0.05) is 0 Å². The molecule has 0 aliphatic carbocycles. The van der Waals surface area contributed by atoms with Crippen LogP contribution in [0.15, 0.2) is 43.0 Å². The first kappa shape index (κ1) is 11.5. The van der Waals surface area contributed by atoms with E-state index in [9.17, 15) is 4.79 Å². The summed E-state index contributed by atoms with van der Waals surface area (Å²) >= 11 is 0. The van der Waals surface area contributed by atoms with Gasteiger partial charge in [-0.2, -0.15) is 5.10 Å². The summed E-state index contributed by atoms with van der Waals surface area (Å²) in [5.41, 5.74) is 1.79. The lowest BCUT2D eigenvalue weighted by Crippen LogP contribution is -2.16. The molecule has 0 atom stereocenters. The maximum Gasteiger partial charge on any atom is 0.333 e. The van der Waals surface area contributed by atoms with Crippen molar-refractivity contribution in [3.63, 3.8) is 0 Å². The minimum Gasteiger partial charge on any atom is -0.425 e. The molecule has 3 rings (SSSR count). The van der Waals surface area contributed by atoms with Gasteiger partial charge in [0.2, 0.25) is 0 Å². The highest BCUT2D eigenvalue weighted by molar-refractivity contribution is 5.79. The molecule has 0 N–H and O–H groups in total. The average molecular weight is 256 g/mol. The van der Waals surface area contributed by atoms with Crippen molar-refractivity contribution in [2.45, 2.75) is 6.54 Å². The lowest BCUT2D eigenvalue weighted by Gasteiger charge is -2.04. The lowest BCUT2D eigenvalue weighted by molar-refractivity contribution is -0.135. The number of imidazole rings is 1. The Bertz CT molecular complexity index is 715. The molecule has 19 heavy (non-hydrogen) atoms. The molecule has 0 unspecified atom stereocenters. The van der Waals surface area contributed by atoms with Crippen LogP contribution in [0.2, 0.25) is 0 Å². The van der Waals surface area contributed by atoms with E-state index < -0.39 is 0 Å². The Kier molecular flexibility index (Phi) is 2.75. The third-order valence-corrected chi connectivity index (χ3v) is 2.78. The quantitative estimate of drug-likeness (QED) is 0.524. The normalized spacial score (nSPS) is 10.8. The van der Waals surface area contributed by atoms with Crippen molar-refractivity contribution in [3.05, 3.63) is 43.0 Å². The van der Waals surface area contributed by atoms with Gasteiger partial charge >= 0.3 is 5.97 Å². The number of benzene rings is 1. The first-order chi connectivity index (χ1) is 9.22. The molecule has 0 saturated carbocycles. The molecule has 0 amide bonds. The number of nitrogens with zero attached hydrogens (tertiary/aromatic N) is 4. The third kappa shape index (κ3) is 2.33. The molecular weight excluding hydrogens is 244 g/mol. The molecule has 0 aliphatic rings. The Morgan fingerprint density at radius 2 is 2.32 bits per heavy atom. The van der Waals surface area contributed by atoms with E-state index in [1.54, 1.807) is 36.9 Å². The van der Waals surface area contributed by atoms with Gasteiger partial charge in [-0.15, -0.1) is 0 Å². The van der Waals surface area contributed by atoms with E-state index in [-0.39, 0.29) is 12.5 Å². The number of carbonyl (C=O) groups is 1. The zero-order chi connectivity index (χ0) is 13.2. The lowest BCUT2D eigenvalue weighted by atomic mass is 10.3. The van der Waals surface area contributed by atoms with Crippen LogP contribution < -0.4 is 4.74 Å². The van der Waals surface area contributed by atoms with Crippen LogP contribution in [-0.2, 0) is 18.4 Å². The maximum atomic E-state index is 11.7. The minimum absolute atomic E-state index is 0.0905. The Labute approximate surface area is 109 Å². The maximum absolute atomic E-state index is 11.7. The van der Waals surface area contributed by atoms with Crippen molar-refractivity contribution >= 4 is 17.0 Å². The van der Waals surface area contributed by atoms with Crippen LogP contribution in [0.4, 0.5) is 0 Å². The van der Waals surface area contributed by atoms with Gasteiger partial charge in [-0.3, -0.25) is 4.68 Å². The van der Waals surface area contributed by atoms with E-state index >= 15 is 0 Å². The number of fused-ring (bicyclic) bond motifs is 1. The van der Waals surface area contributed by atoms with E-state index in [2.05, 4.69) is 10.1 Å². The summed E-state index contributed by atoms with van der Waals surface area (Å²) in [7, 11) is 1.92. The van der Waals surface area contributed by atoms with Crippen LogP contribution in [0.5, 0.6) is 5.75 Å². The second-order valence-electron chi connectivity index (χ2n) is 4.18. The molecule has 0 radical (unpaired) electrons. The number of hydrogen-bond donors (Lipinski definition) is 0. The average Bonchev–Trinajstić information content (AvgIpc) is 3.00. The fraction of sp³-hybridized carbons (Fsp3) is 0.154. The smallest absolute Gasteiger partial charge is 0.333 e. The van der Waals surface area contributed by atoms with Crippen LogP contribution in [-0.4, -0.2) is 25.3 Å². The molecule has 6 nitrogen and oxygen atoms in total. The predicted octanol–water partition coefficient (Wildman–Crippen LogP) is 1.38. The highest BCUT2D eigenvalue weighted by Crippen LogP contribution is 2.19. The summed E-state index contributed by atoms with van der Waals surface area (Å²) in [6.45, 7) is 0.0905. The topological polar surface area (TPSA) is 61.9 Å². The van der Waals surface area contributed by atoms with Gasteiger partial charge in [0.05, 0.1) is 17.4 Å². The van der Waals surface area contributed by atoms with E-state index in [0.717, 1.165) is 11.0 Å². The number of rotatable bonds is 3. The first-order valence-corrected chi connectivity index (χ1v) is 5.81. The van der Waals surface area contributed by atoms with E-state index in [0.29, 0.717) is 5.75 Å². The van der Waals surface area contributed by atoms with Gasteiger partial charge in [0.15, 0.2) is 0 Å². The largest absolute Gasteiger partial charge is 0.425 e. The monoisotopic (exact) mass is 256 g/mol. The second-order valence-corrected chi connectivity index (χ2v) is 4.18. The molecular formula is C13H12N4O2. The summed E-state index contributed by atoms with van der Waals surface area (Å²) in [4.78, 5) is 15.9. The van der Waals surface area contributed by atoms with Gasteiger partial charge in [-0.05, 0) is 18.2 Å². The summed E-state index contributed by atoms with van der Waals surface area (Å²) < 4.78 is 8.68. The number of aromatic nitrogens is 4. The zero-order valence-corrected chi connectivity index (χ0v) is 10.4. The third-order valence-electron chi connectivity index (χ3n) is 2.78. The fourth-order valence-corrected chi connectivity index (χ4v) is 1.87. The summed E-state index contributed by atoms with van der Waals surface area (Å²) in [5, 5.41) is 3.95. The first-order valence-electron chi connectivity index (χ1n) is 5.81. The van der Waals surface area contributed by atoms with E-state index in [1.165, 1.54) is 4.68 Å². The molecule has 0 aliphatic heterocycles. The highest BCUT2D eigenvalue weighted by atomic mass is 16.5. The molecule has 0 spiro atoms. The Hall–Kier alpha value is -2.63. The van der Waals surface area contributed by atoms with Crippen molar-refractivity contribution in [2.24, 2.45) is 7.05 Å². The number of hydrogen-bond acceptors (Lipinski definition) is 4. The fourth-order valence-electron chi connectivity index (χ4n) is 1.87. The van der Waals surface area contributed by atoms with Crippen molar-refractivity contribution in [2.75, 3.05) is 0 Å². The summed E-state index contributed by atoms with van der Waals surface area (Å²) in [6.07, 6.45) is 5.05. The number of aryl methyl sites for hydroxylation is 1. The number of esters is 1. The van der Waals surface area contributed by atoms with Gasteiger partial charge in [0.1, 0.15) is 12.3 Å². The number of carbonyl (C=O) groups excluding carboxylic acids is 1. The van der Waals surface area contributed by atoms with Crippen LogP contribution in [0.1, 0.15) is 0 Å².